The molecule has 0 heterocycles. The Bertz CT molecular complexity index is 7.51. The second-order valence-corrected chi connectivity index (χ2v) is 0. The summed E-state index contributed by atoms with van der Waals surface area (Å²) in [6.45, 7) is 0. The number of rotatable bonds is 0. The SMILES string of the molecule is O.O.O.OCl.[Au]. The van der Waals surface area contributed by atoms with E-state index >= 15 is 0 Å². The predicted octanol–water partition coefficient (Wildman–Crippen LogP) is -2.34. The van der Waals surface area contributed by atoms with Crippen LogP contribution in [-0.4, -0.2) is 21.1 Å². The summed E-state index contributed by atoms with van der Waals surface area (Å²) in [4.78, 5) is 0. The third kappa shape index (κ3) is 96.3. The largest absolute Gasteiger partial charge is 0.412 e. The third-order valence-electron chi connectivity index (χ3n) is 0. The predicted molar refractivity (Wildman–Crippen MR) is 18.9 cm³/mol. The van der Waals surface area contributed by atoms with Crippen molar-refractivity contribution in [3.63, 3.8) is 0 Å². The van der Waals surface area contributed by atoms with E-state index in [1.165, 1.54) is 0 Å². The van der Waals surface area contributed by atoms with E-state index in [4.69, 9.17) is 4.66 Å². The van der Waals surface area contributed by atoms with E-state index in [2.05, 4.69) is 11.9 Å². The Morgan fingerprint density at radius 2 is 0.833 bits per heavy atom. The second-order valence-electron chi connectivity index (χ2n) is 0. The molecule has 0 saturated carbocycles. The van der Waals surface area contributed by atoms with Gasteiger partial charge in [0.05, 0.1) is 11.9 Å². The van der Waals surface area contributed by atoms with Crippen molar-refractivity contribution in [2.75, 3.05) is 0 Å². The molecule has 6 heteroatoms. The van der Waals surface area contributed by atoms with E-state index in [0.29, 0.717) is 0 Å². The first kappa shape index (κ1) is 67.7. The van der Waals surface area contributed by atoms with Crippen molar-refractivity contribution in [3.05, 3.63) is 0 Å². The molecule has 0 aliphatic rings. The molecule has 0 rings (SSSR count). The second kappa shape index (κ2) is 184. The Hall–Kier alpha value is 0.870. The molecule has 0 saturated heterocycles. The van der Waals surface area contributed by atoms with E-state index in [1.54, 1.807) is 0 Å². The van der Waals surface area contributed by atoms with Gasteiger partial charge in [0.2, 0.25) is 0 Å². The van der Waals surface area contributed by atoms with E-state index in [1.807, 2.05) is 0 Å². The van der Waals surface area contributed by atoms with E-state index < -0.39 is 0 Å². The maximum Gasteiger partial charge on any atom is 0.0579 e. The maximum atomic E-state index is 6.47. The molecule has 0 fully saturated rings. The van der Waals surface area contributed by atoms with Gasteiger partial charge in [-0.3, -0.25) is 4.66 Å². The molecule has 0 aliphatic heterocycles. The van der Waals surface area contributed by atoms with Gasteiger partial charge in [-0.05, 0) is 0 Å². The minimum atomic E-state index is 0. The van der Waals surface area contributed by atoms with Crippen LogP contribution in [0.25, 0.3) is 0 Å². The van der Waals surface area contributed by atoms with Gasteiger partial charge in [-0.15, -0.1) is 0 Å². The topological polar surface area (TPSA) is 115 Å². The van der Waals surface area contributed by atoms with E-state index in [0.717, 1.165) is 0 Å². The first-order valence-electron chi connectivity index (χ1n) is 0.169. The average molecular weight is 303 g/mol. The Morgan fingerprint density at radius 3 is 0.833 bits per heavy atom. The third-order valence-corrected chi connectivity index (χ3v) is 0. The smallest absolute Gasteiger partial charge is 0.0579 e. The summed E-state index contributed by atoms with van der Waals surface area (Å²) >= 11 is 3.64. The molecule has 4 nitrogen and oxygen atoms in total. The van der Waals surface area contributed by atoms with Crippen LogP contribution >= 0.6 is 11.9 Å². The number of halogens is 1. The molecule has 0 aromatic heterocycles. The molecule has 0 aliphatic carbocycles. The molecule has 6 heavy (non-hydrogen) atoms. The molecule has 0 unspecified atom stereocenters. The first-order chi connectivity index (χ1) is 1.00. The number of hydrogen-bond donors (Lipinski definition) is 1. The van der Waals surface area contributed by atoms with Crippen LogP contribution in [0.1, 0.15) is 0 Å². The summed E-state index contributed by atoms with van der Waals surface area (Å²) in [6.07, 6.45) is 0. The van der Waals surface area contributed by atoms with Gasteiger partial charge in [0.1, 0.15) is 0 Å². The summed E-state index contributed by atoms with van der Waals surface area (Å²) in [6, 6.07) is 0. The van der Waals surface area contributed by atoms with E-state index in [9.17, 15) is 0 Å². The maximum absolute atomic E-state index is 6.47. The summed E-state index contributed by atoms with van der Waals surface area (Å²) in [5.41, 5.74) is 0. The van der Waals surface area contributed by atoms with Gasteiger partial charge in [0.25, 0.3) is 0 Å². The van der Waals surface area contributed by atoms with Gasteiger partial charge in [0, 0.05) is 22.4 Å². The van der Waals surface area contributed by atoms with Gasteiger partial charge in [0.15, 0.2) is 0 Å². The van der Waals surface area contributed by atoms with Gasteiger partial charge >= 0.3 is 0 Å². The minimum Gasteiger partial charge on any atom is -0.412 e. The molecule has 0 aromatic carbocycles. The Morgan fingerprint density at radius 1 is 0.833 bits per heavy atom. The Balaban J connectivity index is -0.000000000833. The molecule has 0 spiro atoms. The fourth-order valence-electron chi connectivity index (χ4n) is 0. The monoisotopic (exact) mass is 303 g/mol. The van der Waals surface area contributed by atoms with Crippen LogP contribution in [0.5, 0.6) is 0 Å². The molecule has 0 amide bonds. The fourth-order valence-corrected chi connectivity index (χ4v) is 0. The van der Waals surface area contributed by atoms with E-state index in [-0.39, 0.29) is 38.8 Å². The van der Waals surface area contributed by atoms with Crippen molar-refractivity contribution in [1.82, 2.24) is 0 Å². The van der Waals surface area contributed by atoms with Crippen molar-refractivity contribution in [1.29, 1.82) is 0 Å². The normalized spacial score (nSPS) is 1.00. The summed E-state index contributed by atoms with van der Waals surface area (Å²) in [5.74, 6) is 0. The summed E-state index contributed by atoms with van der Waals surface area (Å²) in [5, 5.41) is 0. The Kier molecular flexibility index (Phi) is 2070. The van der Waals surface area contributed by atoms with Crippen molar-refractivity contribution in [2.45, 2.75) is 0 Å². The molecule has 0 atom stereocenters. The molecule has 0 aromatic rings. The van der Waals surface area contributed by atoms with Crippen LogP contribution in [0.4, 0.5) is 0 Å². The van der Waals surface area contributed by atoms with Crippen molar-refractivity contribution in [3.8, 4) is 0 Å². The van der Waals surface area contributed by atoms with Crippen molar-refractivity contribution in [2.24, 2.45) is 0 Å². The van der Waals surface area contributed by atoms with Crippen LogP contribution in [0, 0.1) is 0 Å². The van der Waals surface area contributed by atoms with Crippen molar-refractivity contribution >= 4 is 11.9 Å². The van der Waals surface area contributed by atoms with Crippen LogP contribution < -0.4 is 0 Å². The fraction of sp³-hybridized carbons (Fsp3) is 0. The van der Waals surface area contributed by atoms with Crippen LogP contribution in [0.3, 0.4) is 0 Å². The zero-order chi connectivity index (χ0) is 2.00. The quantitative estimate of drug-likeness (QED) is 0.496. The van der Waals surface area contributed by atoms with Gasteiger partial charge in [-0.25, -0.2) is 0 Å². The zero-order valence-corrected chi connectivity index (χ0v) is 5.55. The molecular weight excluding hydrogens is 296 g/mol. The standard InChI is InChI=1S/Au.ClHO.3H2O/c;1-2;;;/h;2H;3*1H2. The van der Waals surface area contributed by atoms with Crippen molar-refractivity contribution < 1.29 is 43.5 Å². The van der Waals surface area contributed by atoms with Crippen LogP contribution in [0.15, 0.2) is 0 Å². The average Bonchev–Trinajstić information content (AvgIpc) is 1.00. The van der Waals surface area contributed by atoms with Crippen LogP contribution in [-0.2, 0) is 22.4 Å². The summed E-state index contributed by atoms with van der Waals surface area (Å²) < 4.78 is 6.47. The molecule has 49 valence electrons. The zero-order valence-electron chi connectivity index (χ0n) is 2.63. The van der Waals surface area contributed by atoms with Gasteiger partial charge in [-0.2, -0.15) is 0 Å². The molecule has 0 bridgehead atoms. The van der Waals surface area contributed by atoms with Crippen LogP contribution in [0.2, 0.25) is 0 Å². The van der Waals surface area contributed by atoms with Gasteiger partial charge in [-0.1, -0.05) is 0 Å². The minimum absolute atomic E-state index is 0. The Labute approximate surface area is 55.7 Å². The first-order valence-corrected chi connectivity index (χ1v) is 0.507. The number of hydrogen-bond acceptors (Lipinski definition) is 1. The molecule has 7 N–H and O–H groups in total. The van der Waals surface area contributed by atoms with Gasteiger partial charge < -0.3 is 16.4 Å². The summed E-state index contributed by atoms with van der Waals surface area (Å²) in [7, 11) is 0. The molecular formula is H7AuClO4. The molecule has 1 radical (unpaired) electrons.